The number of hydrogen-bond acceptors (Lipinski definition) is 2. The Morgan fingerprint density at radius 2 is 2.07 bits per heavy atom. The lowest BCUT2D eigenvalue weighted by atomic mass is 10.0. The Morgan fingerprint density at radius 1 is 1.50 bits per heavy atom. The van der Waals surface area contributed by atoms with Crippen molar-refractivity contribution in [2.45, 2.75) is 45.6 Å². The number of amides is 1. The zero-order chi connectivity index (χ0) is 10.6. The van der Waals surface area contributed by atoms with Crippen molar-refractivity contribution in [3.8, 4) is 0 Å². The third kappa shape index (κ3) is 3.29. The number of carbonyl (C=O) groups is 1. The smallest absolute Gasteiger partial charge is 0.222 e. The molecule has 1 rings (SSSR count). The van der Waals surface area contributed by atoms with Crippen LogP contribution in [0.2, 0.25) is 0 Å². The number of nitrogens with two attached hydrogens (primary N) is 1. The molecule has 1 aliphatic heterocycles. The normalized spacial score (nSPS) is 20.9. The van der Waals surface area contributed by atoms with Gasteiger partial charge in [0.1, 0.15) is 0 Å². The van der Waals surface area contributed by atoms with E-state index in [-0.39, 0.29) is 0 Å². The van der Waals surface area contributed by atoms with Gasteiger partial charge in [0.2, 0.25) is 5.91 Å². The fraction of sp³-hybridized carbons (Fsp3) is 0.909. The molecule has 0 unspecified atom stereocenters. The van der Waals surface area contributed by atoms with E-state index >= 15 is 0 Å². The molecule has 1 amide bonds. The van der Waals surface area contributed by atoms with Crippen molar-refractivity contribution < 1.29 is 4.79 Å². The summed E-state index contributed by atoms with van der Waals surface area (Å²) in [5.41, 5.74) is 5.79. The number of hydrogen-bond donors (Lipinski definition) is 1. The molecule has 3 heteroatoms. The second-order valence-corrected chi connectivity index (χ2v) is 4.44. The molecular weight excluding hydrogens is 176 g/mol. The monoisotopic (exact) mass is 198 g/mol. The molecule has 0 saturated carbocycles. The number of likely N-dealkylation sites (tertiary alicyclic amines) is 1. The average Bonchev–Trinajstić information content (AvgIpc) is 2.18. The van der Waals surface area contributed by atoms with Crippen LogP contribution in [0.4, 0.5) is 0 Å². The summed E-state index contributed by atoms with van der Waals surface area (Å²) >= 11 is 0. The van der Waals surface area contributed by atoms with Gasteiger partial charge in [-0.25, -0.2) is 0 Å². The molecule has 0 aromatic rings. The predicted octanol–water partition coefficient (Wildman–Crippen LogP) is 1.37. The number of rotatable bonds is 3. The molecule has 14 heavy (non-hydrogen) atoms. The maximum absolute atomic E-state index is 11.8. The summed E-state index contributed by atoms with van der Waals surface area (Å²) in [4.78, 5) is 13.7. The molecule has 0 radical (unpaired) electrons. The summed E-state index contributed by atoms with van der Waals surface area (Å²) in [5.74, 6) is 0.823. The van der Waals surface area contributed by atoms with E-state index in [0.29, 0.717) is 24.3 Å². The first-order valence-corrected chi connectivity index (χ1v) is 5.66. The van der Waals surface area contributed by atoms with Crippen LogP contribution in [-0.2, 0) is 4.79 Å². The van der Waals surface area contributed by atoms with Crippen LogP contribution >= 0.6 is 0 Å². The highest BCUT2D eigenvalue weighted by molar-refractivity contribution is 5.76. The summed E-state index contributed by atoms with van der Waals surface area (Å²) in [7, 11) is 0. The van der Waals surface area contributed by atoms with Crippen LogP contribution in [0.5, 0.6) is 0 Å². The lowest BCUT2D eigenvalue weighted by molar-refractivity contribution is -0.133. The van der Waals surface area contributed by atoms with Gasteiger partial charge in [0, 0.05) is 25.6 Å². The SMILES string of the molecule is CC[C@H](C)CC(=O)N1CCC(N)CC1. The van der Waals surface area contributed by atoms with E-state index < -0.39 is 0 Å². The predicted molar refractivity (Wildman–Crippen MR) is 57.9 cm³/mol. The van der Waals surface area contributed by atoms with Gasteiger partial charge < -0.3 is 10.6 Å². The summed E-state index contributed by atoms with van der Waals surface area (Å²) in [6, 6.07) is 0.308. The quantitative estimate of drug-likeness (QED) is 0.744. The number of piperidine rings is 1. The van der Waals surface area contributed by atoms with Crippen LogP contribution in [0.25, 0.3) is 0 Å². The van der Waals surface area contributed by atoms with Crippen molar-refractivity contribution in [1.82, 2.24) is 4.90 Å². The lowest BCUT2D eigenvalue weighted by Crippen LogP contribution is -2.43. The Labute approximate surface area is 86.6 Å². The molecule has 2 N–H and O–H groups in total. The first-order chi connectivity index (χ1) is 6.63. The van der Waals surface area contributed by atoms with Crippen LogP contribution in [0, 0.1) is 5.92 Å². The van der Waals surface area contributed by atoms with E-state index in [4.69, 9.17) is 5.73 Å². The summed E-state index contributed by atoms with van der Waals surface area (Å²) in [5, 5.41) is 0. The van der Waals surface area contributed by atoms with E-state index in [2.05, 4.69) is 13.8 Å². The Balaban J connectivity index is 2.30. The highest BCUT2D eigenvalue weighted by atomic mass is 16.2. The minimum atomic E-state index is 0.308. The van der Waals surface area contributed by atoms with Crippen molar-refractivity contribution in [2.75, 3.05) is 13.1 Å². The second-order valence-electron chi connectivity index (χ2n) is 4.44. The van der Waals surface area contributed by atoms with Gasteiger partial charge in [-0.2, -0.15) is 0 Å². The van der Waals surface area contributed by atoms with Crippen LogP contribution in [-0.4, -0.2) is 29.9 Å². The maximum atomic E-state index is 11.8. The molecule has 1 fully saturated rings. The topological polar surface area (TPSA) is 46.3 Å². The first-order valence-electron chi connectivity index (χ1n) is 5.66. The molecule has 0 aliphatic carbocycles. The highest BCUT2D eigenvalue weighted by Gasteiger charge is 2.21. The van der Waals surface area contributed by atoms with Crippen LogP contribution in [0.15, 0.2) is 0 Å². The zero-order valence-corrected chi connectivity index (χ0v) is 9.33. The Hall–Kier alpha value is -0.570. The van der Waals surface area contributed by atoms with Gasteiger partial charge in [-0.05, 0) is 18.8 Å². The molecule has 1 saturated heterocycles. The molecular formula is C11H22N2O. The molecule has 1 atom stereocenters. The van der Waals surface area contributed by atoms with E-state index in [9.17, 15) is 4.79 Å². The molecule has 0 aromatic heterocycles. The van der Waals surface area contributed by atoms with E-state index in [0.717, 1.165) is 32.4 Å². The Kier molecular flexibility index (Phi) is 4.39. The van der Waals surface area contributed by atoms with Gasteiger partial charge in [-0.15, -0.1) is 0 Å². The largest absolute Gasteiger partial charge is 0.343 e. The highest BCUT2D eigenvalue weighted by Crippen LogP contribution is 2.13. The fourth-order valence-electron chi connectivity index (χ4n) is 1.72. The van der Waals surface area contributed by atoms with Crippen molar-refractivity contribution in [2.24, 2.45) is 11.7 Å². The summed E-state index contributed by atoms with van der Waals surface area (Å²) in [6.45, 7) is 5.98. The minimum absolute atomic E-state index is 0.308. The minimum Gasteiger partial charge on any atom is -0.343 e. The van der Waals surface area contributed by atoms with E-state index in [1.807, 2.05) is 4.90 Å². The van der Waals surface area contributed by atoms with Crippen LogP contribution in [0.3, 0.4) is 0 Å². The van der Waals surface area contributed by atoms with Gasteiger partial charge in [0.05, 0.1) is 0 Å². The lowest BCUT2D eigenvalue weighted by Gasteiger charge is -2.30. The second kappa shape index (κ2) is 5.35. The van der Waals surface area contributed by atoms with Gasteiger partial charge in [-0.1, -0.05) is 20.3 Å². The van der Waals surface area contributed by atoms with Gasteiger partial charge in [-0.3, -0.25) is 4.79 Å². The zero-order valence-electron chi connectivity index (χ0n) is 9.33. The van der Waals surface area contributed by atoms with Gasteiger partial charge in [0.25, 0.3) is 0 Å². The third-order valence-corrected chi connectivity index (χ3v) is 3.11. The number of carbonyl (C=O) groups excluding carboxylic acids is 1. The fourth-order valence-corrected chi connectivity index (χ4v) is 1.72. The molecule has 0 aromatic carbocycles. The van der Waals surface area contributed by atoms with Crippen LogP contribution < -0.4 is 5.73 Å². The first kappa shape index (κ1) is 11.5. The standard InChI is InChI=1S/C11H22N2O/c1-3-9(2)8-11(14)13-6-4-10(12)5-7-13/h9-10H,3-8,12H2,1-2H3/t9-/m0/s1. The summed E-state index contributed by atoms with van der Waals surface area (Å²) in [6.07, 6.45) is 3.71. The van der Waals surface area contributed by atoms with Gasteiger partial charge in [0.15, 0.2) is 0 Å². The molecule has 3 nitrogen and oxygen atoms in total. The van der Waals surface area contributed by atoms with Gasteiger partial charge >= 0.3 is 0 Å². The third-order valence-electron chi connectivity index (χ3n) is 3.11. The van der Waals surface area contributed by atoms with Crippen molar-refractivity contribution >= 4 is 5.91 Å². The molecule has 1 aliphatic rings. The van der Waals surface area contributed by atoms with E-state index in [1.54, 1.807) is 0 Å². The average molecular weight is 198 g/mol. The van der Waals surface area contributed by atoms with E-state index in [1.165, 1.54) is 0 Å². The summed E-state index contributed by atoms with van der Waals surface area (Å²) < 4.78 is 0. The maximum Gasteiger partial charge on any atom is 0.222 e. The van der Waals surface area contributed by atoms with Crippen molar-refractivity contribution in [1.29, 1.82) is 0 Å². The molecule has 1 heterocycles. The molecule has 0 bridgehead atoms. The Bertz CT molecular complexity index is 186. The van der Waals surface area contributed by atoms with Crippen LogP contribution in [0.1, 0.15) is 39.5 Å². The van der Waals surface area contributed by atoms with Crippen molar-refractivity contribution in [3.05, 3.63) is 0 Å². The Morgan fingerprint density at radius 3 is 2.57 bits per heavy atom. The number of nitrogens with zero attached hydrogens (tertiary/aromatic N) is 1. The van der Waals surface area contributed by atoms with Crippen molar-refractivity contribution in [3.63, 3.8) is 0 Å². The molecule has 82 valence electrons. The molecule has 0 spiro atoms.